The number of halogens is 1. The summed E-state index contributed by atoms with van der Waals surface area (Å²) in [6, 6.07) is 1.38. The summed E-state index contributed by atoms with van der Waals surface area (Å²) in [7, 11) is 0. The highest BCUT2D eigenvalue weighted by Crippen LogP contribution is 2.37. The largest absolute Gasteiger partial charge is 0.616 e. The van der Waals surface area contributed by atoms with E-state index in [1.807, 2.05) is 0 Å². The normalized spacial score (nSPS) is 26.1. The number of carbonyl (C=O) groups excluding carboxylic acids is 1. The molecule has 0 aliphatic carbocycles. The molecule has 2 heterocycles. The summed E-state index contributed by atoms with van der Waals surface area (Å²) in [4.78, 5) is 12.7. The number of hydrogen-bond donors (Lipinski definition) is 2. The number of thiophene rings is 1. The number of rotatable bonds is 2. The molecule has 2 unspecified atom stereocenters. The quantitative estimate of drug-likeness (QED) is 0.650. The zero-order valence-electron chi connectivity index (χ0n) is 10.9. The van der Waals surface area contributed by atoms with Crippen molar-refractivity contribution in [3.05, 3.63) is 20.8 Å². The van der Waals surface area contributed by atoms with Crippen molar-refractivity contribution in [1.82, 2.24) is 5.32 Å². The fourth-order valence-corrected chi connectivity index (χ4v) is 4.58. The fraction of sp³-hybridized carbons (Fsp3) is 0.500. The first-order valence-electron chi connectivity index (χ1n) is 5.77. The summed E-state index contributed by atoms with van der Waals surface area (Å²) in [6.07, 6.45) is 0. The van der Waals surface area contributed by atoms with Crippen LogP contribution in [0.25, 0.3) is 0 Å². The van der Waals surface area contributed by atoms with E-state index in [1.165, 1.54) is 18.3 Å². The average Bonchev–Trinajstić information content (AvgIpc) is 2.68. The minimum atomic E-state index is -1.14. The average molecular weight is 319 g/mol. The molecule has 2 rings (SSSR count). The van der Waals surface area contributed by atoms with Gasteiger partial charge in [-0.3, -0.25) is 10.2 Å². The molecule has 2 atom stereocenters. The number of carbonyl (C=O) groups is 1. The van der Waals surface area contributed by atoms with Crippen molar-refractivity contribution in [2.45, 2.75) is 31.6 Å². The lowest BCUT2D eigenvalue weighted by molar-refractivity contribution is 0.102. The van der Waals surface area contributed by atoms with E-state index in [-0.39, 0.29) is 17.7 Å². The van der Waals surface area contributed by atoms with Crippen molar-refractivity contribution >= 4 is 45.7 Å². The molecule has 1 aromatic rings. The Morgan fingerprint density at radius 2 is 2.32 bits per heavy atom. The molecule has 1 fully saturated rings. The van der Waals surface area contributed by atoms with Gasteiger partial charge in [-0.1, -0.05) is 11.6 Å². The summed E-state index contributed by atoms with van der Waals surface area (Å²) >= 11 is 6.30. The highest BCUT2D eigenvalue weighted by Gasteiger charge is 2.45. The van der Waals surface area contributed by atoms with Gasteiger partial charge in [0, 0.05) is 0 Å². The van der Waals surface area contributed by atoms with Crippen LogP contribution in [-0.4, -0.2) is 26.7 Å². The number of hydrogen-bond acceptors (Lipinski definition) is 4. The Bertz CT molecular complexity index is 542. The van der Waals surface area contributed by atoms with Gasteiger partial charge < -0.3 is 9.87 Å². The Morgan fingerprint density at radius 1 is 1.68 bits per heavy atom. The molecule has 2 N–H and O–H groups in total. The monoisotopic (exact) mass is 318 g/mol. The van der Waals surface area contributed by atoms with E-state index in [1.54, 1.807) is 19.9 Å². The van der Waals surface area contributed by atoms with Gasteiger partial charge in [-0.2, -0.15) is 0 Å². The zero-order chi connectivity index (χ0) is 14.4. The van der Waals surface area contributed by atoms with Crippen molar-refractivity contribution < 1.29 is 9.35 Å². The second-order valence-corrected chi connectivity index (χ2v) is 8.51. The van der Waals surface area contributed by atoms with Crippen LogP contribution < -0.4 is 5.32 Å². The summed E-state index contributed by atoms with van der Waals surface area (Å²) in [5.41, 5.74) is 0. The molecular formula is C12H15ClN2O2S2. The Balaban J connectivity index is 2.29. The molecule has 0 saturated carbocycles. The van der Waals surface area contributed by atoms with E-state index >= 15 is 0 Å². The van der Waals surface area contributed by atoms with Crippen molar-refractivity contribution in [2.75, 3.05) is 5.75 Å². The molecule has 0 aromatic carbocycles. The van der Waals surface area contributed by atoms with Gasteiger partial charge in [-0.25, -0.2) is 0 Å². The Morgan fingerprint density at radius 3 is 2.79 bits per heavy atom. The van der Waals surface area contributed by atoms with E-state index in [9.17, 15) is 9.35 Å². The first-order chi connectivity index (χ1) is 8.73. The second-order valence-electron chi connectivity index (χ2n) is 4.97. The molecule has 0 bridgehead atoms. The highest BCUT2D eigenvalue weighted by atomic mass is 35.5. The van der Waals surface area contributed by atoms with Gasteiger partial charge in [0.1, 0.15) is 11.8 Å². The molecule has 104 valence electrons. The van der Waals surface area contributed by atoms with Crippen LogP contribution >= 0.6 is 22.9 Å². The van der Waals surface area contributed by atoms with Crippen molar-refractivity contribution in [1.29, 1.82) is 5.41 Å². The first-order valence-corrected chi connectivity index (χ1v) is 8.29. The molecule has 0 spiro atoms. The van der Waals surface area contributed by atoms with Crippen LogP contribution in [0.4, 0.5) is 0 Å². The molecular weight excluding hydrogens is 304 g/mol. The lowest BCUT2D eigenvalue weighted by atomic mass is 10.1. The maximum Gasteiger partial charge on any atom is 0.176 e. The lowest BCUT2D eigenvalue weighted by Gasteiger charge is -2.38. The number of nitrogens with one attached hydrogen (secondary N) is 2. The van der Waals surface area contributed by atoms with E-state index in [0.717, 1.165) is 4.88 Å². The van der Waals surface area contributed by atoms with E-state index in [0.29, 0.717) is 15.7 Å². The molecule has 19 heavy (non-hydrogen) atoms. The van der Waals surface area contributed by atoms with Gasteiger partial charge in [0.2, 0.25) is 0 Å². The van der Waals surface area contributed by atoms with Gasteiger partial charge in [0.15, 0.2) is 16.4 Å². The first kappa shape index (κ1) is 14.8. The Kier molecular flexibility index (Phi) is 3.97. The topological polar surface area (TPSA) is 76.0 Å². The zero-order valence-corrected chi connectivity index (χ0v) is 13.3. The van der Waals surface area contributed by atoms with Crippen LogP contribution in [0, 0.1) is 5.41 Å². The third-order valence-corrected chi connectivity index (χ3v) is 6.94. The van der Waals surface area contributed by atoms with Gasteiger partial charge in [-0.15, -0.1) is 11.3 Å². The van der Waals surface area contributed by atoms with Crippen molar-refractivity contribution in [2.24, 2.45) is 0 Å². The number of ketones is 1. The maximum absolute atomic E-state index is 12.2. The van der Waals surface area contributed by atoms with Gasteiger partial charge in [0.25, 0.3) is 0 Å². The number of Topliss-reactive ketones (excluding diaryl/α,β-unsaturated/α-hetero) is 1. The summed E-state index contributed by atoms with van der Waals surface area (Å²) in [6.45, 7) is 5.06. The molecule has 0 radical (unpaired) electrons. The van der Waals surface area contributed by atoms with Gasteiger partial charge in [-0.05, 0) is 38.0 Å². The Hall–Kier alpha value is -0.560. The minimum Gasteiger partial charge on any atom is -0.616 e. The van der Waals surface area contributed by atoms with Crippen molar-refractivity contribution in [3.8, 4) is 0 Å². The SMILES string of the molecule is CC(=O)c1cc(Cl)c(C2C[S+]([O-])C(C)(C)C(=N)N2)s1. The van der Waals surface area contributed by atoms with Crippen LogP contribution in [0.3, 0.4) is 0 Å². The molecule has 1 aliphatic rings. The van der Waals surface area contributed by atoms with Crippen LogP contribution in [0.5, 0.6) is 0 Å². The third kappa shape index (κ3) is 2.67. The lowest BCUT2D eigenvalue weighted by Crippen LogP contribution is -2.56. The maximum atomic E-state index is 12.2. The predicted octanol–water partition coefficient (Wildman–Crippen LogP) is 2.75. The fourth-order valence-electron chi connectivity index (χ4n) is 1.80. The summed E-state index contributed by atoms with van der Waals surface area (Å²) < 4.78 is 11.5. The highest BCUT2D eigenvalue weighted by molar-refractivity contribution is 7.93. The molecule has 0 amide bonds. The summed E-state index contributed by atoms with van der Waals surface area (Å²) in [5, 5.41) is 11.5. The van der Waals surface area contributed by atoms with Crippen LogP contribution in [0.2, 0.25) is 5.02 Å². The predicted molar refractivity (Wildman–Crippen MR) is 80.0 cm³/mol. The van der Waals surface area contributed by atoms with E-state index in [4.69, 9.17) is 17.0 Å². The smallest absolute Gasteiger partial charge is 0.176 e. The summed E-state index contributed by atoms with van der Waals surface area (Å²) in [5.74, 6) is 0.605. The van der Waals surface area contributed by atoms with Crippen LogP contribution in [-0.2, 0) is 11.2 Å². The van der Waals surface area contributed by atoms with Crippen LogP contribution in [0.15, 0.2) is 6.07 Å². The second kappa shape index (κ2) is 5.09. The minimum absolute atomic E-state index is 0.0366. The molecule has 4 nitrogen and oxygen atoms in total. The molecule has 7 heteroatoms. The van der Waals surface area contributed by atoms with Gasteiger partial charge >= 0.3 is 0 Å². The van der Waals surface area contributed by atoms with Gasteiger partial charge in [0.05, 0.1) is 14.8 Å². The van der Waals surface area contributed by atoms with Crippen molar-refractivity contribution in [3.63, 3.8) is 0 Å². The molecule has 1 saturated heterocycles. The number of amidine groups is 1. The third-order valence-electron chi connectivity index (χ3n) is 3.18. The van der Waals surface area contributed by atoms with Crippen LogP contribution in [0.1, 0.15) is 41.4 Å². The van der Waals surface area contributed by atoms with E-state index < -0.39 is 15.9 Å². The Labute approximate surface area is 124 Å². The molecule has 1 aliphatic heterocycles. The molecule has 1 aromatic heterocycles. The standard InChI is InChI=1S/C12H15ClN2O2S2/c1-6(16)9-4-7(13)10(18-9)8-5-19(17)12(2,3)11(14)15-8/h4,8H,5H2,1-3H3,(H2,14,15). The van der Waals surface area contributed by atoms with E-state index in [2.05, 4.69) is 5.32 Å².